The Kier molecular flexibility index (Phi) is 5.25. The van der Waals surface area contributed by atoms with Gasteiger partial charge in [0.15, 0.2) is 0 Å². The number of amides is 2. The molecule has 22 heavy (non-hydrogen) atoms. The minimum atomic E-state index is -0.358. The number of aryl methyl sites for hydroxylation is 1. The zero-order valence-corrected chi connectivity index (χ0v) is 12.2. The molecule has 2 aromatic rings. The molecule has 0 radical (unpaired) electrons. The number of benzene rings is 2. The van der Waals surface area contributed by atoms with Gasteiger partial charge in [-0.1, -0.05) is 42.0 Å². The van der Waals surface area contributed by atoms with E-state index in [1.54, 1.807) is 0 Å². The van der Waals surface area contributed by atoms with Crippen molar-refractivity contribution in [2.75, 3.05) is 0 Å². The fourth-order valence-electron chi connectivity index (χ4n) is 1.91. The molecular weight excluding hydrogens is 283 g/mol. The minimum absolute atomic E-state index is 0.0745. The average molecular weight is 300 g/mol. The summed E-state index contributed by atoms with van der Waals surface area (Å²) < 4.78 is 12.8. The molecule has 0 atom stereocenters. The number of carbonyl (C=O) groups is 2. The molecule has 5 heteroatoms. The van der Waals surface area contributed by atoms with Gasteiger partial charge in [0.05, 0.1) is 12.8 Å². The monoisotopic (exact) mass is 300 g/mol. The minimum Gasteiger partial charge on any atom is -0.273 e. The van der Waals surface area contributed by atoms with Gasteiger partial charge in [0.2, 0.25) is 11.8 Å². The van der Waals surface area contributed by atoms with Crippen molar-refractivity contribution in [3.8, 4) is 0 Å². The van der Waals surface area contributed by atoms with Crippen molar-refractivity contribution >= 4 is 11.8 Å². The van der Waals surface area contributed by atoms with Gasteiger partial charge >= 0.3 is 0 Å². The van der Waals surface area contributed by atoms with Crippen LogP contribution in [0.3, 0.4) is 0 Å². The highest BCUT2D eigenvalue weighted by molar-refractivity contribution is 5.84. The summed E-state index contributed by atoms with van der Waals surface area (Å²) in [4.78, 5) is 23.4. The van der Waals surface area contributed by atoms with Crippen LogP contribution < -0.4 is 10.9 Å². The second kappa shape index (κ2) is 7.36. The summed E-state index contributed by atoms with van der Waals surface area (Å²) in [5.41, 5.74) is 7.38. The topological polar surface area (TPSA) is 58.2 Å². The lowest BCUT2D eigenvalue weighted by atomic mass is 10.1. The third-order valence-electron chi connectivity index (χ3n) is 3.10. The molecule has 4 nitrogen and oxygen atoms in total. The molecule has 0 saturated heterocycles. The molecule has 2 amide bonds. The average Bonchev–Trinajstić information content (AvgIpc) is 2.50. The van der Waals surface area contributed by atoms with Gasteiger partial charge in [0.25, 0.3) is 0 Å². The van der Waals surface area contributed by atoms with E-state index >= 15 is 0 Å². The van der Waals surface area contributed by atoms with E-state index in [2.05, 4.69) is 10.9 Å². The van der Waals surface area contributed by atoms with Crippen molar-refractivity contribution in [3.05, 3.63) is 71.0 Å². The van der Waals surface area contributed by atoms with Crippen LogP contribution in [0.4, 0.5) is 4.39 Å². The van der Waals surface area contributed by atoms with Crippen LogP contribution in [-0.2, 0) is 22.4 Å². The molecule has 0 aromatic heterocycles. The normalized spacial score (nSPS) is 10.1. The highest BCUT2D eigenvalue weighted by Gasteiger charge is 2.07. The molecule has 2 N–H and O–H groups in total. The van der Waals surface area contributed by atoms with E-state index in [-0.39, 0.29) is 30.5 Å². The molecule has 0 aliphatic rings. The second-order valence-corrected chi connectivity index (χ2v) is 5.06. The van der Waals surface area contributed by atoms with Crippen LogP contribution in [0.15, 0.2) is 48.5 Å². The quantitative estimate of drug-likeness (QED) is 0.849. The van der Waals surface area contributed by atoms with E-state index in [4.69, 9.17) is 0 Å². The number of hydrogen-bond acceptors (Lipinski definition) is 2. The Morgan fingerprint density at radius 1 is 0.818 bits per heavy atom. The van der Waals surface area contributed by atoms with Gasteiger partial charge in [0, 0.05) is 0 Å². The molecule has 0 saturated carbocycles. The van der Waals surface area contributed by atoms with Gasteiger partial charge in [-0.15, -0.1) is 0 Å². The molecule has 0 spiro atoms. The summed E-state index contributed by atoms with van der Waals surface area (Å²) in [7, 11) is 0. The summed E-state index contributed by atoms with van der Waals surface area (Å²) in [5.74, 6) is -1.00. The van der Waals surface area contributed by atoms with Gasteiger partial charge in [-0.3, -0.25) is 20.4 Å². The third kappa shape index (κ3) is 5.01. The van der Waals surface area contributed by atoms with Crippen molar-refractivity contribution in [2.45, 2.75) is 19.8 Å². The third-order valence-corrected chi connectivity index (χ3v) is 3.10. The Labute approximate surface area is 128 Å². The maximum Gasteiger partial charge on any atom is 0.242 e. The highest BCUT2D eigenvalue weighted by atomic mass is 19.1. The summed E-state index contributed by atoms with van der Waals surface area (Å²) >= 11 is 0. The maximum atomic E-state index is 12.8. The molecule has 0 fully saturated rings. The summed E-state index contributed by atoms with van der Waals surface area (Å²) in [6, 6.07) is 13.2. The predicted octanol–water partition coefficient (Wildman–Crippen LogP) is 2.07. The van der Waals surface area contributed by atoms with Crippen LogP contribution in [-0.4, -0.2) is 11.8 Å². The van der Waals surface area contributed by atoms with Crippen molar-refractivity contribution in [1.82, 2.24) is 10.9 Å². The summed E-state index contributed by atoms with van der Waals surface area (Å²) in [5, 5.41) is 0. The maximum absolute atomic E-state index is 12.8. The van der Waals surface area contributed by atoms with Crippen molar-refractivity contribution in [1.29, 1.82) is 0 Å². The van der Waals surface area contributed by atoms with E-state index in [9.17, 15) is 14.0 Å². The lowest BCUT2D eigenvalue weighted by Crippen LogP contribution is -2.43. The standard InChI is InChI=1S/C17H17FN2O2/c1-12-2-4-13(5-3-12)10-16(21)19-20-17(22)11-14-6-8-15(18)9-7-14/h2-9H,10-11H2,1H3,(H,19,21)(H,20,22). The van der Waals surface area contributed by atoms with E-state index < -0.39 is 0 Å². The van der Waals surface area contributed by atoms with Crippen molar-refractivity contribution in [2.24, 2.45) is 0 Å². The number of nitrogens with one attached hydrogen (secondary N) is 2. The first kappa shape index (κ1) is 15.7. The first-order valence-electron chi connectivity index (χ1n) is 6.90. The van der Waals surface area contributed by atoms with Crippen LogP contribution in [0.2, 0.25) is 0 Å². The molecule has 2 aromatic carbocycles. The molecule has 0 bridgehead atoms. The smallest absolute Gasteiger partial charge is 0.242 e. The Hall–Kier alpha value is -2.69. The molecule has 0 aliphatic carbocycles. The Morgan fingerprint density at radius 3 is 1.68 bits per heavy atom. The first-order valence-corrected chi connectivity index (χ1v) is 6.90. The van der Waals surface area contributed by atoms with Gasteiger partial charge in [-0.2, -0.15) is 0 Å². The zero-order chi connectivity index (χ0) is 15.9. The number of halogens is 1. The Bertz CT molecular complexity index is 592. The fourth-order valence-corrected chi connectivity index (χ4v) is 1.91. The zero-order valence-electron chi connectivity index (χ0n) is 12.2. The lowest BCUT2D eigenvalue weighted by Gasteiger charge is -2.08. The van der Waals surface area contributed by atoms with E-state index in [1.807, 2.05) is 31.2 Å². The lowest BCUT2D eigenvalue weighted by molar-refractivity contribution is -0.128. The molecule has 114 valence electrons. The van der Waals surface area contributed by atoms with Crippen LogP contribution in [0, 0.1) is 12.7 Å². The second-order valence-electron chi connectivity index (χ2n) is 5.06. The van der Waals surface area contributed by atoms with Gasteiger partial charge < -0.3 is 0 Å². The number of rotatable bonds is 4. The fraction of sp³-hybridized carbons (Fsp3) is 0.176. The van der Waals surface area contributed by atoms with Gasteiger partial charge in [-0.05, 0) is 30.2 Å². The van der Waals surface area contributed by atoms with Crippen LogP contribution in [0.5, 0.6) is 0 Å². The Balaban J connectivity index is 1.76. The SMILES string of the molecule is Cc1ccc(CC(=O)NNC(=O)Cc2ccc(F)cc2)cc1. The van der Waals surface area contributed by atoms with E-state index in [1.165, 1.54) is 24.3 Å². The van der Waals surface area contributed by atoms with E-state index in [0.29, 0.717) is 5.56 Å². The first-order chi connectivity index (χ1) is 10.5. The highest BCUT2D eigenvalue weighted by Crippen LogP contribution is 2.04. The predicted molar refractivity (Wildman–Crippen MR) is 81.3 cm³/mol. The molecular formula is C17H17FN2O2. The van der Waals surface area contributed by atoms with E-state index in [0.717, 1.165) is 11.1 Å². The largest absolute Gasteiger partial charge is 0.273 e. The van der Waals surface area contributed by atoms with Crippen LogP contribution in [0.1, 0.15) is 16.7 Å². The van der Waals surface area contributed by atoms with Crippen LogP contribution in [0.25, 0.3) is 0 Å². The van der Waals surface area contributed by atoms with Gasteiger partial charge in [-0.25, -0.2) is 4.39 Å². The van der Waals surface area contributed by atoms with Gasteiger partial charge in [0.1, 0.15) is 5.82 Å². The van der Waals surface area contributed by atoms with Crippen molar-refractivity contribution in [3.63, 3.8) is 0 Å². The number of hydrazine groups is 1. The molecule has 0 aliphatic heterocycles. The molecule has 0 unspecified atom stereocenters. The number of hydrogen-bond donors (Lipinski definition) is 2. The Morgan fingerprint density at radius 2 is 1.23 bits per heavy atom. The van der Waals surface area contributed by atoms with Crippen molar-refractivity contribution < 1.29 is 14.0 Å². The van der Waals surface area contributed by atoms with Crippen LogP contribution >= 0.6 is 0 Å². The number of carbonyl (C=O) groups excluding carboxylic acids is 2. The molecule has 2 rings (SSSR count). The summed E-state index contributed by atoms with van der Waals surface area (Å²) in [6.07, 6.45) is 0.266. The molecule has 0 heterocycles. The summed E-state index contributed by atoms with van der Waals surface area (Å²) in [6.45, 7) is 1.97.